The van der Waals surface area contributed by atoms with Crippen LogP contribution in [0.15, 0.2) is 37.1 Å². The lowest BCUT2D eigenvalue weighted by atomic mass is 10.1. The molecule has 3 rings (SSSR count). The van der Waals surface area contributed by atoms with Gasteiger partial charge in [0.15, 0.2) is 0 Å². The fraction of sp³-hybridized carbons (Fsp3) is 0.438. The third kappa shape index (κ3) is 4.13. The van der Waals surface area contributed by atoms with Crippen molar-refractivity contribution >= 4 is 5.91 Å². The molecule has 6 nitrogen and oxygen atoms in total. The van der Waals surface area contributed by atoms with Crippen LogP contribution in [-0.4, -0.2) is 37.7 Å². The average Bonchev–Trinajstić information content (AvgIpc) is 3.12. The Bertz CT molecular complexity index is 645. The van der Waals surface area contributed by atoms with Crippen LogP contribution in [0, 0.1) is 11.7 Å². The first-order chi connectivity index (χ1) is 11.1. The number of nitrogens with one attached hydrogen (secondary N) is 1. The second-order valence-corrected chi connectivity index (χ2v) is 5.98. The van der Waals surface area contributed by atoms with Crippen LogP contribution >= 0.6 is 0 Å². The van der Waals surface area contributed by atoms with Gasteiger partial charge >= 0.3 is 0 Å². The zero-order chi connectivity index (χ0) is 16.2. The first-order valence-corrected chi connectivity index (χ1v) is 7.64. The number of nitrogens with zero attached hydrogens (tertiary/aromatic N) is 3. The molecule has 23 heavy (non-hydrogen) atoms. The standard InChI is InChI=1S/C16H19FN4O2/c17-12-1-2-13(19-8-12)7-16(23)20-14-5-11(6-15(14)22)9-21-4-3-18-10-21/h1-4,8,10-11,14-15,22H,5-7,9H2,(H,20,23)/t11?,14-,15-/m1/s1. The molecule has 1 unspecified atom stereocenters. The fourth-order valence-corrected chi connectivity index (χ4v) is 3.05. The maximum absolute atomic E-state index is 12.8. The van der Waals surface area contributed by atoms with E-state index >= 15 is 0 Å². The smallest absolute Gasteiger partial charge is 0.226 e. The van der Waals surface area contributed by atoms with Gasteiger partial charge in [-0.15, -0.1) is 0 Å². The summed E-state index contributed by atoms with van der Waals surface area (Å²) in [7, 11) is 0. The van der Waals surface area contributed by atoms with E-state index in [0.717, 1.165) is 19.2 Å². The number of amides is 1. The molecular formula is C16H19FN4O2. The van der Waals surface area contributed by atoms with Gasteiger partial charge in [-0.25, -0.2) is 9.37 Å². The summed E-state index contributed by atoms with van der Waals surface area (Å²) < 4.78 is 14.8. The van der Waals surface area contributed by atoms with Crippen molar-refractivity contribution in [3.8, 4) is 0 Å². The highest BCUT2D eigenvalue weighted by Gasteiger charge is 2.33. The summed E-state index contributed by atoms with van der Waals surface area (Å²) in [6.45, 7) is 0.781. The van der Waals surface area contributed by atoms with Crippen molar-refractivity contribution in [3.05, 3.63) is 48.6 Å². The Hall–Kier alpha value is -2.28. The van der Waals surface area contributed by atoms with Crippen molar-refractivity contribution in [3.63, 3.8) is 0 Å². The van der Waals surface area contributed by atoms with Crippen LogP contribution in [0.3, 0.4) is 0 Å². The topological polar surface area (TPSA) is 80.0 Å². The minimum atomic E-state index is -0.548. The zero-order valence-corrected chi connectivity index (χ0v) is 12.6. The molecule has 0 spiro atoms. The number of hydrogen-bond acceptors (Lipinski definition) is 4. The average molecular weight is 318 g/mol. The normalized spacial score (nSPS) is 23.8. The highest BCUT2D eigenvalue weighted by molar-refractivity contribution is 5.78. The summed E-state index contributed by atoms with van der Waals surface area (Å²) in [6.07, 6.45) is 7.36. The predicted molar refractivity (Wildman–Crippen MR) is 80.8 cm³/mol. The Morgan fingerprint density at radius 1 is 1.43 bits per heavy atom. The molecule has 1 aliphatic rings. The second-order valence-electron chi connectivity index (χ2n) is 5.98. The molecule has 122 valence electrons. The number of imidazole rings is 1. The predicted octanol–water partition coefficient (Wildman–Crippen LogP) is 0.916. The van der Waals surface area contributed by atoms with E-state index in [1.54, 1.807) is 12.5 Å². The number of aliphatic hydroxyl groups excluding tert-OH is 1. The Kier molecular flexibility index (Phi) is 4.66. The lowest BCUT2D eigenvalue weighted by Crippen LogP contribution is -2.40. The summed E-state index contributed by atoms with van der Waals surface area (Å²) in [6, 6.07) is 2.51. The quantitative estimate of drug-likeness (QED) is 0.859. The van der Waals surface area contributed by atoms with Gasteiger partial charge in [-0.1, -0.05) is 0 Å². The van der Waals surface area contributed by atoms with E-state index in [4.69, 9.17) is 0 Å². The van der Waals surface area contributed by atoms with Gasteiger partial charge < -0.3 is 15.0 Å². The van der Waals surface area contributed by atoms with Crippen LogP contribution < -0.4 is 5.32 Å². The van der Waals surface area contributed by atoms with Crippen molar-refractivity contribution in [2.75, 3.05) is 0 Å². The van der Waals surface area contributed by atoms with Gasteiger partial charge in [0.25, 0.3) is 0 Å². The van der Waals surface area contributed by atoms with Gasteiger partial charge in [-0.2, -0.15) is 0 Å². The van der Waals surface area contributed by atoms with Crippen LogP contribution in [0.4, 0.5) is 4.39 Å². The minimum Gasteiger partial charge on any atom is -0.391 e. The second kappa shape index (κ2) is 6.87. The number of hydrogen-bond donors (Lipinski definition) is 2. The zero-order valence-electron chi connectivity index (χ0n) is 12.6. The van der Waals surface area contributed by atoms with Crippen LogP contribution in [0.5, 0.6) is 0 Å². The Balaban J connectivity index is 1.51. The van der Waals surface area contributed by atoms with Crippen LogP contribution in [0.2, 0.25) is 0 Å². The molecule has 2 aromatic rings. The third-order valence-corrected chi connectivity index (χ3v) is 4.13. The molecule has 0 aliphatic heterocycles. The molecule has 7 heteroatoms. The van der Waals surface area contributed by atoms with Crippen LogP contribution in [0.1, 0.15) is 18.5 Å². The van der Waals surface area contributed by atoms with E-state index in [0.29, 0.717) is 18.0 Å². The molecule has 2 heterocycles. The Morgan fingerprint density at radius 2 is 2.30 bits per heavy atom. The molecule has 1 aliphatic carbocycles. The molecule has 3 atom stereocenters. The van der Waals surface area contributed by atoms with Gasteiger partial charge in [0.05, 0.1) is 31.1 Å². The number of aromatic nitrogens is 3. The van der Waals surface area contributed by atoms with Gasteiger partial charge in [0.2, 0.25) is 5.91 Å². The van der Waals surface area contributed by atoms with Crippen molar-refractivity contribution in [1.82, 2.24) is 19.9 Å². The molecule has 0 bridgehead atoms. The van der Waals surface area contributed by atoms with E-state index in [1.165, 1.54) is 12.1 Å². The van der Waals surface area contributed by atoms with E-state index in [9.17, 15) is 14.3 Å². The summed E-state index contributed by atoms with van der Waals surface area (Å²) in [5.74, 6) is -0.340. The molecule has 0 aromatic carbocycles. The number of carbonyl (C=O) groups excluding carboxylic acids is 1. The van der Waals surface area contributed by atoms with Gasteiger partial charge in [0, 0.05) is 24.6 Å². The number of pyridine rings is 1. The number of aliphatic hydroxyl groups is 1. The first-order valence-electron chi connectivity index (χ1n) is 7.64. The lowest BCUT2D eigenvalue weighted by Gasteiger charge is -2.16. The fourth-order valence-electron chi connectivity index (χ4n) is 3.05. The molecule has 1 amide bonds. The third-order valence-electron chi connectivity index (χ3n) is 4.13. The molecule has 2 N–H and O–H groups in total. The summed E-state index contributed by atoms with van der Waals surface area (Å²) in [5, 5.41) is 13.0. The van der Waals surface area contributed by atoms with Crippen LogP contribution in [-0.2, 0) is 17.8 Å². The van der Waals surface area contributed by atoms with E-state index in [1.807, 2.05) is 10.8 Å². The molecule has 1 fully saturated rings. The number of carbonyl (C=O) groups is 1. The van der Waals surface area contributed by atoms with Crippen molar-refractivity contribution in [2.24, 2.45) is 5.92 Å². The van der Waals surface area contributed by atoms with Gasteiger partial charge in [-0.3, -0.25) is 9.78 Å². The highest BCUT2D eigenvalue weighted by Crippen LogP contribution is 2.27. The summed E-state index contributed by atoms with van der Waals surface area (Å²) in [5.41, 5.74) is 0.506. The molecule has 1 saturated carbocycles. The van der Waals surface area contributed by atoms with Gasteiger partial charge in [0.1, 0.15) is 5.82 Å². The number of rotatable bonds is 5. The number of halogens is 1. The van der Waals surface area contributed by atoms with E-state index in [2.05, 4.69) is 15.3 Å². The van der Waals surface area contributed by atoms with E-state index in [-0.39, 0.29) is 18.4 Å². The summed E-state index contributed by atoms with van der Waals surface area (Å²) >= 11 is 0. The summed E-state index contributed by atoms with van der Waals surface area (Å²) in [4.78, 5) is 19.9. The minimum absolute atomic E-state index is 0.0791. The monoisotopic (exact) mass is 318 g/mol. The SMILES string of the molecule is O=C(Cc1ccc(F)cn1)N[C@@H]1CC(Cn2ccnc2)C[C@H]1O. The van der Waals surface area contributed by atoms with Crippen molar-refractivity contribution in [2.45, 2.75) is 38.0 Å². The molecular weight excluding hydrogens is 299 g/mol. The molecule has 0 saturated heterocycles. The lowest BCUT2D eigenvalue weighted by molar-refractivity contribution is -0.121. The maximum Gasteiger partial charge on any atom is 0.226 e. The largest absolute Gasteiger partial charge is 0.391 e. The maximum atomic E-state index is 12.8. The van der Waals surface area contributed by atoms with Crippen molar-refractivity contribution in [1.29, 1.82) is 0 Å². The van der Waals surface area contributed by atoms with Gasteiger partial charge in [-0.05, 0) is 30.9 Å². The first kappa shape index (κ1) is 15.6. The van der Waals surface area contributed by atoms with Crippen molar-refractivity contribution < 1.29 is 14.3 Å². The Morgan fingerprint density at radius 3 is 3.00 bits per heavy atom. The Labute approximate surface area is 133 Å². The molecule has 0 radical (unpaired) electrons. The van der Waals surface area contributed by atoms with Crippen LogP contribution in [0.25, 0.3) is 0 Å². The van der Waals surface area contributed by atoms with E-state index < -0.39 is 11.9 Å². The highest BCUT2D eigenvalue weighted by atomic mass is 19.1. The molecule has 2 aromatic heterocycles.